The van der Waals surface area contributed by atoms with Crippen molar-refractivity contribution < 1.29 is 9.42 Å². The summed E-state index contributed by atoms with van der Waals surface area (Å²) in [6.07, 6.45) is 0. The Labute approximate surface area is 134 Å². The summed E-state index contributed by atoms with van der Waals surface area (Å²) in [7, 11) is 2.09. The Morgan fingerprint density at radius 1 is 1.05 bits per heavy atom. The molecule has 0 aliphatic rings. The van der Waals surface area contributed by atoms with Crippen molar-refractivity contribution >= 4 is 11.6 Å². The third kappa shape index (κ3) is 3.72. The second kappa shape index (κ2) is 6.73. The van der Waals surface area contributed by atoms with Gasteiger partial charge >= 0.3 is 0 Å². The molecular weight excluding hydrogens is 298 g/mol. The molecule has 3 rings (SSSR count). The molecule has 0 radical (unpaired) electrons. The van der Waals surface area contributed by atoms with Crippen molar-refractivity contribution in [1.29, 1.82) is 0 Å². The maximum Gasteiger partial charge on any atom is 0.282 e. The van der Waals surface area contributed by atoms with E-state index in [1.165, 1.54) is 10.5 Å². The van der Waals surface area contributed by atoms with Gasteiger partial charge in [0.15, 0.2) is 6.54 Å². The van der Waals surface area contributed by atoms with Crippen LogP contribution in [-0.4, -0.2) is 17.2 Å². The zero-order valence-electron chi connectivity index (χ0n) is 12.3. The molecule has 112 valence electrons. The number of nitrogens with one attached hydrogen (secondary N) is 1. The smallest absolute Gasteiger partial charge is 0.282 e. The van der Waals surface area contributed by atoms with E-state index in [9.17, 15) is 0 Å². The van der Waals surface area contributed by atoms with Crippen LogP contribution in [0.25, 0.3) is 11.4 Å². The molecule has 1 atom stereocenters. The fourth-order valence-corrected chi connectivity index (χ4v) is 2.56. The number of aromatic nitrogens is 2. The largest absolute Gasteiger partial charge is 0.333 e. The van der Waals surface area contributed by atoms with E-state index in [4.69, 9.17) is 16.1 Å². The van der Waals surface area contributed by atoms with Crippen molar-refractivity contribution in [1.82, 2.24) is 10.1 Å². The van der Waals surface area contributed by atoms with Crippen LogP contribution in [0.2, 0.25) is 5.02 Å². The number of hydrogen-bond acceptors (Lipinski definition) is 3. The van der Waals surface area contributed by atoms with Gasteiger partial charge in [-0.2, -0.15) is 4.98 Å². The van der Waals surface area contributed by atoms with E-state index in [-0.39, 0.29) is 0 Å². The Kier molecular flexibility index (Phi) is 4.51. The van der Waals surface area contributed by atoms with Crippen molar-refractivity contribution in [2.75, 3.05) is 7.05 Å². The van der Waals surface area contributed by atoms with Gasteiger partial charge in [-0.15, -0.1) is 0 Å². The molecule has 0 fully saturated rings. The predicted molar refractivity (Wildman–Crippen MR) is 85.5 cm³/mol. The number of hydrogen-bond donors (Lipinski definition) is 1. The zero-order valence-corrected chi connectivity index (χ0v) is 13.0. The molecule has 0 bridgehead atoms. The highest BCUT2D eigenvalue weighted by molar-refractivity contribution is 6.30. The lowest BCUT2D eigenvalue weighted by atomic mass is 10.2. The summed E-state index contributed by atoms with van der Waals surface area (Å²) in [6, 6.07) is 17.7. The van der Waals surface area contributed by atoms with Crippen LogP contribution in [0.4, 0.5) is 0 Å². The summed E-state index contributed by atoms with van der Waals surface area (Å²) < 4.78 is 5.34. The fraction of sp³-hybridized carbons (Fsp3) is 0.176. The molecule has 1 unspecified atom stereocenters. The number of quaternary nitrogens is 1. The molecule has 1 N–H and O–H groups in total. The molecule has 2 aromatic carbocycles. The van der Waals surface area contributed by atoms with Crippen LogP contribution in [0, 0.1) is 0 Å². The van der Waals surface area contributed by atoms with Crippen molar-refractivity contribution in [3.05, 3.63) is 71.1 Å². The van der Waals surface area contributed by atoms with Gasteiger partial charge in [0.05, 0.1) is 7.05 Å². The lowest BCUT2D eigenvalue weighted by molar-refractivity contribution is -0.909. The highest BCUT2D eigenvalue weighted by atomic mass is 35.5. The molecule has 1 heterocycles. The van der Waals surface area contributed by atoms with E-state index in [0.29, 0.717) is 18.3 Å². The molecular formula is C17H17ClN3O+. The SMILES string of the molecule is C[NH+](Cc1cccc(Cl)c1)Cc1nc(-c2ccccc2)no1. The van der Waals surface area contributed by atoms with E-state index in [1.807, 2.05) is 48.5 Å². The summed E-state index contributed by atoms with van der Waals surface area (Å²) in [5.74, 6) is 1.27. The number of halogens is 1. The summed E-state index contributed by atoms with van der Waals surface area (Å²) in [5.41, 5.74) is 2.15. The highest BCUT2D eigenvalue weighted by Gasteiger charge is 2.13. The first-order valence-corrected chi connectivity index (χ1v) is 7.52. The first-order valence-electron chi connectivity index (χ1n) is 7.14. The molecule has 22 heavy (non-hydrogen) atoms. The van der Waals surface area contributed by atoms with E-state index in [1.54, 1.807) is 0 Å². The van der Waals surface area contributed by atoms with Crippen LogP contribution in [0.15, 0.2) is 59.1 Å². The summed E-state index contributed by atoms with van der Waals surface area (Å²) in [4.78, 5) is 5.71. The van der Waals surface area contributed by atoms with Crippen molar-refractivity contribution in [2.45, 2.75) is 13.1 Å². The minimum atomic E-state index is 0.631. The number of rotatable bonds is 5. The molecule has 1 aromatic heterocycles. The maximum absolute atomic E-state index is 6.01. The number of benzene rings is 2. The van der Waals surface area contributed by atoms with Crippen LogP contribution in [0.1, 0.15) is 11.5 Å². The third-order valence-electron chi connectivity index (χ3n) is 3.35. The van der Waals surface area contributed by atoms with Gasteiger partial charge in [0.2, 0.25) is 5.82 Å². The minimum absolute atomic E-state index is 0.631. The van der Waals surface area contributed by atoms with E-state index in [2.05, 4.69) is 23.3 Å². The first kappa shape index (κ1) is 14.8. The lowest BCUT2D eigenvalue weighted by Crippen LogP contribution is -3.06. The van der Waals surface area contributed by atoms with E-state index >= 15 is 0 Å². The summed E-state index contributed by atoms with van der Waals surface area (Å²) in [6.45, 7) is 1.52. The van der Waals surface area contributed by atoms with Crippen LogP contribution in [0.5, 0.6) is 0 Å². The van der Waals surface area contributed by atoms with Gasteiger partial charge in [-0.1, -0.05) is 59.2 Å². The van der Waals surface area contributed by atoms with Gasteiger partial charge in [-0.05, 0) is 12.1 Å². The Hall–Kier alpha value is -2.17. The molecule has 0 spiro atoms. The van der Waals surface area contributed by atoms with Crippen LogP contribution < -0.4 is 4.90 Å². The van der Waals surface area contributed by atoms with Gasteiger partial charge in [0, 0.05) is 16.1 Å². The van der Waals surface area contributed by atoms with Crippen molar-refractivity contribution in [2.24, 2.45) is 0 Å². The minimum Gasteiger partial charge on any atom is -0.333 e. The van der Waals surface area contributed by atoms with Gasteiger partial charge in [-0.25, -0.2) is 0 Å². The molecule has 3 aromatic rings. The fourth-order valence-electron chi connectivity index (χ4n) is 2.35. The molecule has 5 heteroatoms. The zero-order chi connectivity index (χ0) is 15.4. The number of nitrogens with zero attached hydrogens (tertiary/aromatic N) is 2. The lowest BCUT2D eigenvalue weighted by Gasteiger charge is -2.11. The second-order valence-electron chi connectivity index (χ2n) is 5.32. The summed E-state index contributed by atoms with van der Waals surface area (Å²) >= 11 is 6.01. The topological polar surface area (TPSA) is 43.4 Å². The highest BCUT2D eigenvalue weighted by Crippen LogP contribution is 2.14. The van der Waals surface area contributed by atoms with Gasteiger partial charge in [0.1, 0.15) is 6.54 Å². The average molecular weight is 315 g/mol. The normalized spacial score (nSPS) is 12.3. The Morgan fingerprint density at radius 2 is 1.86 bits per heavy atom. The van der Waals surface area contributed by atoms with Crippen LogP contribution >= 0.6 is 11.6 Å². The van der Waals surface area contributed by atoms with Crippen molar-refractivity contribution in [3.63, 3.8) is 0 Å². The second-order valence-corrected chi connectivity index (χ2v) is 5.75. The Bertz CT molecular complexity index is 742. The Balaban J connectivity index is 1.65. The Morgan fingerprint density at radius 3 is 2.64 bits per heavy atom. The summed E-state index contributed by atoms with van der Waals surface area (Å²) in [5, 5.41) is 4.80. The van der Waals surface area contributed by atoms with E-state index in [0.717, 1.165) is 17.1 Å². The molecule has 0 aliphatic carbocycles. The monoisotopic (exact) mass is 314 g/mol. The van der Waals surface area contributed by atoms with Gasteiger partial charge < -0.3 is 9.42 Å². The molecule has 0 saturated carbocycles. The van der Waals surface area contributed by atoms with E-state index < -0.39 is 0 Å². The molecule has 0 amide bonds. The van der Waals surface area contributed by atoms with Crippen LogP contribution in [-0.2, 0) is 13.1 Å². The maximum atomic E-state index is 6.01. The average Bonchev–Trinajstić information content (AvgIpc) is 2.96. The van der Waals surface area contributed by atoms with Gasteiger partial charge in [-0.3, -0.25) is 0 Å². The quantitative estimate of drug-likeness (QED) is 0.787. The molecule has 4 nitrogen and oxygen atoms in total. The predicted octanol–water partition coefficient (Wildman–Crippen LogP) is 2.60. The first-order chi connectivity index (χ1) is 10.7. The molecule has 0 saturated heterocycles. The third-order valence-corrected chi connectivity index (χ3v) is 3.58. The van der Waals surface area contributed by atoms with Gasteiger partial charge in [0.25, 0.3) is 5.89 Å². The van der Waals surface area contributed by atoms with Crippen molar-refractivity contribution in [3.8, 4) is 11.4 Å². The van der Waals surface area contributed by atoms with Crippen LogP contribution in [0.3, 0.4) is 0 Å². The molecule has 0 aliphatic heterocycles. The standard InChI is InChI=1S/C17H16ClN3O/c1-21(11-13-6-5-9-15(18)10-13)12-16-19-17(20-22-16)14-7-3-2-4-8-14/h2-10H,11-12H2,1H3/p+1.